The molecule has 1 aliphatic rings. The molecule has 0 bridgehead atoms. The molecule has 1 fully saturated rings. The molecule has 0 unspecified atom stereocenters. The molecule has 128 valence electrons. The summed E-state index contributed by atoms with van der Waals surface area (Å²) in [5.74, 6) is -0.753. The van der Waals surface area contributed by atoms with Crippen molar-refractivity contribution in [3.05, 3.63) is 62.5 Å². The lowest BCUT2D eigenvalue weighted by Gasteiger charge is -2.18. The quantitative estimate of drug-likeness (QED) is 0.349. The molecule has 1 N–H and O–H groups in total. The third kappa shape index (κ3) is 2.82. The van der Waals surface area contributed by atoms with Gasteiger partial charge in [0.2, 0.25) is 0 Å². The number of aliphatic hydroxyl groups is 1. The van der Waals surface area contributed by atoms with E-state index in [9.17, 15) is 13.9 Å². The van der Waals surface area contributed by atoms with Crippen molar-refractivity contribution in [2.24, 2.45) is 0 Å². The van der Waals surface area contributed by atoms with E-state index in [1.807, 2.05) is 0 Å². The molecule has 0 saturated heterocycles. The van der Waals surface area contributed by atoms with Crippen molar-refractivity contribution in [3.63, 3.8) is 0 Å². The number of halogens is 4. The molecule has 0 aliphatic heterocycles. The van der Waals surface area contributed by atoms with Crippen molar-refractivity contribution in [1.82, 2.24) is 0 Å². The minimum Gasteiger partial charge on any atom is -0.506 e. The molecule has 0 spiro atoms. The summed E-state index contributed by atoms with van der Waals surface area (Å²) in [6, 6.07) is 6.92. The van der Waals surface area contributed by atoms with Gasteiger partial charge in [-0.1, -0.05) is 23.2 Å². The number of allylic oxidation sites excluding steroid dienone is 1. The topological polar surface area (TPSA) is 20.2 Å². The molecule has 1 heterocycles. The molecule has 25 heavy (non-hydrogen) atoms. The van der Waals surface area contributed by atoms with Crippen LogP contribution in [0.5, 0.6) is 0 Å². The van der Waals surface area contributed by atoms with Crippen LogP contribution in [0.15, 0.2) is 35.9 Å². The molecule has 0 atom stereocenters. The number of hydrogen-bond donors (Lipinski definition) is 1. The van der Waals surface area contributed by atoms with Gasteiger partial charge < -0.3 is 5.11 Å². The molecule has 1 saturated carbocycles. The first-order chi connectivity index (χ1) is 12.0. The Morgan fingerprint density at radius 2 is 1.76 bits per heavy atom. The van der Waals surface area contributed by atoms with Gasteiger partial charge in [-0.25, -0.2) is 8.78 Å². The van der Waals surface area contributed by atoms with Gasteiger partial charge in [0, 0.05) is 21.2 Å². The summed E-state index contributed by atoms with van der Waals surface area (Å²) in [4.78, 5) is 0.535. The average Bonchev–Trinajstić information content (AvgIpc) is 2.87. The summed E-state index contributed by atoms with van der Waals surface area (Å²) in [6.07, 6.45) is 2.66. The first kappa shape index (κ1) is 16.8. The maximum Gasteiger partial charge on any atom is 0.132 e. The number of rotatable bonds is 2. The van der Waals surface area contributed by atoms with E-state index in [1.165, 1.54) is 29.5 Å². The standard InChI is InChI=1S/C19H12Cl2F2OS/c20-13-7-12(15(23)8-14(13)21)17-11-5-4-10(22)6-16(11)25-19(17)18(24)9-2-1-3-9/h4-8,24H,1-3H2. The highest BCUT2D eigenvalue weighted by atomic mass is 35.5. The molecular weight excluding hydrogens is 385 g/mol. The van der Waals surface area contributed by atoms with Crippen molar-refractivity contribution >= 4 is 50.4 Å². The lowest BCUT2D eigenvalue weighted by Crippen LogP contribution is -2.01. The van der Waals surface area contributed by atoms with Crippen LogP contribution in [0, 0.1) is 11.6 Å². The lowest BCUT2D eigenvalue weighted by atomic mass is 9.89. The molecule has 0 amide bonds. The Bertz CT molecular complexity index is 1030. The third-order valence-corrected chi connectivity index (χ3v) is 6.32. The molecule has 1 aromatic heterocycles. The molecular formula is C19H12Cl2F2OS. The van der Waals surface area contributed by atoms with Gasteiger partial charge in [-0.3, -0.25) is 0 Å². The summed E-state index contributed by atoms with van der Waals surface area (Å²) < 4.78 is 28.9. The van der Waals surface area contributed by atoms with Crippen molar-refractivity contribution in [2.75, 3.05) is 0 Å². The van der Waals surface area contributed by atoms with Crippen LogP contribution in [0.1, 0.15) is 24.1 Å². The Morgan fingerprint density at radius 3 is 2.44 bits per heavy atom. The SMILES string of the molecule is OC(=C1CCC1)c1sc2cc(F)ccc2c1-c1cc(Cl)c(Cl)cc1F. The minimum atomic E-state index is -0.536. The van der Waals surface area contributed by atoms with Gasteiger partial charge in [-0.05, 0) is 55.2 Å². The second-order valence-electron chi connectivity index (χ2n) is 6.00. The fourth-order valence-corrected chi connectivity index (χ4v) is 4.52. The van der Waals surface area contributed by atoms with Gasteiger partial charge in [0.05, 0.1) is 14.9 Å². The van der Waals surface area contributed by atoms with Crippen LogP contribution in [-0.2, 0) is 0 Å². The molecule has 3 aromatic rings. The zero-order chi connectivity index (χ0) is 17.7. The van der Waals surface area contributed by atoms with Crippen LogP contribution in [0.25, 0.3) is 27.0 Å². The van der Waals surface area contributed by atoms with Crippen molar-refractivity contribution < 1.29 is 13.9 Å². The molecule has 4 rings (SSSR count). The highest BCUT2D eigenvalue weighted by molar-refractivity contribution is 7.20. The van der Waals surface area contributed by atoms with Gasteiger partial charge in [-0.15, -0.1) is 11.3 Å². The Labute approximate surface area is 157 Å². The summed E-state index contributed by atoms with van der Waals surface area (Å²) in [6.45, 7) is 0. The maximum absolute atomic E-state index is 14.6. The molecule has 1 aliphatic carbocycles. The van der Waals surface area contributed by atoms with Crippen molar-refractivity contribution in [1.29, 1.82) is 0 Å². The fraction of sp³-hybridized carbons (Fsp3) is 0.158. The van der Waals surface area contributed by atoms with Crippen LogP contribution in [-0.4, -0.2) is 5.11 Å². The summed E-state index contributed by atoms with van der Waals surface area (Å²) in [7, 11) is 0. The maximum atomic E-state index is 14.6. The van der Waals surface area contributed by atoms with E-state index in [1.54, 1.807) is 6.07 Å². The highest BCUT2D eigenvalue weighted by Crippen LogP contribution is 2.46. The second kappa shape index (κ2) is 6.27. The predicted octanol–water partition coefficient (Wildman–Crippen LogP) is 7.61. The van der Waals surface area contributed by atoms with E-state index < -0.39 is 5.82 Å². The Morgan fingerprint density at radius 1 is 1.04 bits per heavy atom. The highest BCUT2D eigenvalue weighted by Gasteiger charge is 2.24. The van der Waals surface area contributed by atoms with E-state index in [0.717, 1.165) is 30.9 Å². The monoisotopic (exact) mass is 396 g/mol. The van der Waals surface area contributed by atoms with Gasteiger partial charge in [0.1, 0.15) is 17.4 Å². The van der Waals surface area contributed by atoms with Crippen molar-refractivity contribution in [2.45, 2.75) is 19.3 Å². The van der Waals surface area contributed by atoms with E-state index in [-0.39, 0.29) is 27.2 Å². The number of thiophene rings is 1. The number of aliphatic hydroxyl groups excluding tert-OH is 1. The second-order valence-corrected chi connectivity index (χ2v) is 7.87. The zero-order valence-corrected chi connectivity index (χ0v) is 15.2. The Balaban J connectivity index is 2.06. The van der Waals surface area contributed by atoms with E-state index in [0.29, 0.717) is 20.5 Å². The number of hydrogen-bond acceptors (Lipinski definition) is 2. The van der Waals surface area contributed by atoms with Crippen molar-refractivity contribution in [3.8, 4) is 11.1 Å². The average molecular weight is 397 g/mol. The van der Waals surface area contributed by atoms with Crippen LogP contribution in [0.3, 0.4) is 0 Å². The largest absolute Gasteiger partial charge is 0.506 e. The smallest absolute Gasteiger partial charge is 0.132 e. The lowest BCUT2D eigenvalue weighted by molar-refractivity contribution is 0.488. The first-order valence-corrected chi connectivity index (χ1v) is 9.31. The Kier molecular flexibility index (Phi) is 4.22. The minimum absolute atomic E-state index is 0.122. The van der Waals surface area contributed by atoms with Crippen LogP contribution < -0.4 is 0 Å². The summed E-state index contributed by atoms with van der Waals surface area (Å²) in [5, 5.41) is 11.7. The van der Waals surface area contributed by atoms with Crippen LogP contribution in [0.2, 0.25) is 10.0 Å². The number of benzene rings is 2. The summed E-state index contributed by atoms with van der Waals surface area (Å²) in [5.41, 5.74) is 1.70. The van der Waals surface area contributed by atoms with Gasteiger partial charge in [0.25, 0.3) is 0 Å². The Hall–Kier alpha value is -1.62. The van der Waals surface area contributed by atoms with Crippen LogP contribution >= 0.6 is 34.5 Å². The van der Waals surface area contributed by atoms with Gasteiger partial charge in [-0.2, -0.15) is 0 Å². The van der Waals surface area contributed by atoms with Gasteiger partial charge in [0.15, 0.2) is 0 Å². The summed E-state index contributed by atoms with van der Waals surface area (Å²) >= 11 is 13.2. The number of fused-ring (bicyclic) bond motifs is 1. The first-order valence-electron chi connectivity index (χ1n) is 7.74. The van der Waals surface area contributed by atoms with Crippen LogP contribution in [0.4, 0.5) is 8.78 Å². The fourth-order valence-electron chi connectivity index (χ4n) is 2.97. The molecule has 1 nitrogen and oxygen atoms in total. The van der Waals surface area contributed by atoms with E-state index in [2.05, 4.69) is 0 Å². The van der Waals surface area contributed by atoms with E-state index in [4.69, 9.17) is 23.2 Å². The zero-order valence-electron chi connectivity index (χ0n) is 12.9. The van der Waals surface area contributed by atoms with Gasteiger partial charge >= 0.3 is 0 Å². The van der Waals surface area contributed by atoms with E-state index >= 15 is 0 Å². The third-order valence-electron chi connectivity index (χ3n) is 4.44. The normalized spacial score (nSPS) is 14.0. The molecule has 0 radical (unpaired) electrons. The predicted molar refractivity (Wildman–Crippen MR) is 101 cm³/mol. The molecule has 6 heteroatoms. The molecule has 2 aromatic carbocycles.